The van der Waals surface area contributed by atoms with Crippen LogP contribution in [-0.2, 0) is 0 Å². The molecule has 1 nitrogen and oxygen atoms in total. The Balaban J connectivity index is 1.55. The van der Waals surface area contributed by atoms with Gasteiger partial charge in [0.15, 0.2) is 0 Å². The van der Waals surface area contributed by atoms with Gasteiger partial charge in [-0.2, -0.15) is 0 Å². The maximum absolute atomic E-state index is 10.7. The van der Waals surface area contributed by atoms with E-state index in [1.807, 2.05) is 0 Å². The first kappa shape index (κ1) is 23.4. The SMILES string of the molecule is C=C(C)C1CCC2(CO)CCC3(C)C(CCC4C5(C)CCC(C)C(C)(C)C5CCC43C)C12. The first-order valence-electron chi connectivity index (χ1n) is 14.1. The Hall–Kier alpha value is -0.300. The van der Waals surface area contributed by atoms with Crippen LogP contribution >= 0.6 is 0 Å². The van der Waals surface area contributed by atoms with Gasteiger partial charge in [0, 0.05) is 6.61 Å². The normalized spacial score (nSPS) is 56.5. The molecule has 0 aliphatic heterocycles. The number of hydrogen-bond acceptors (Lipinski definition) is 1. The highest BCUT2D eigenvalue weighted by Crippen LogP contribution is 2.77. The predicted molar refractivity (Wildman–Crippen MR) is 135 cm³/mol. The average Bonchev–Trinajstić information content (AvgIpc) is 3.12. The zero-order chi connectivity index (χ0) is 23.3. The number of fused-ring (bicyclic) bond motifs is 7. The number of hydrogen-bond donors (Lipinski definition) is 1. The Bertz CT molecular complexity index is 781. The third kappa shape index (κ3) is 2.67. The second-order valence-electron chi connectivity index (χ2n) is 15.0. The van der Waals surface area contributed by atoms with Crippen LogP contribution in [0.5, 0.6) is 0 Å². The summed E-state index contributed by atoms with van der Waals surface area (Å²) in [6.45, 7) is 23.1. The van der Waals surface area contributed by atoms with Crippen LogP contribution in [0.15, 0.2) is 12.2 Å². The van der Waals surface area contributed by atoms with Gasteiger partial charge in [-0.3, -0.25) is 0 Å². The molecule has 0 bridgehead atoms. The maximum atomic E-state index is 10.7. The highest BCUT2D eigenvalue weighted by Gasteiger charge is 2.70. The van der Waals surface area contributed by atoms with Crippen molar-refractivity contribution in [2.24, 2.45) is 62.6 Å². The molecule has 5 rings (SSSR count). The molecule has 0 radical (unpaired) electrons. The quantitative estimate of drug-likeness (QED) is 0.428. The van der Waals surface area contributed by atoms with Gasteiger partial charge in [0.25, 0.3) is 0 Å². The molecule has 0 heterocycles. The molecule has 10 unspecified atom stereocenters. The number of allylic oxidation sites excluding steroid dienone is 1. The molecule has 0 amide bonds. The third-order valence-corrected chi connectivity index (χ3v) is 14.1. The molecule has 0 spiro atoms. The maximum Gasteiger partial charge on any atom is 0.0490 e. The Labute approximate surface area is 199 Å². The molecule has 0 aromatic heterocycles. The van der Waals surface area contributed by atoms with Gasteiger partial charge in [-0.15, -0.1) is 0 Å². The highest BCUT2D eigenvalue weighted by atomic mass is 16.3. The lowest BCUT2D eigenvalue weighted by atomic mass is 9.32. The fourth-order valence-electron chi connectivity index (χ4n) is 11.7. The summed E-state index contributed by atoms with van der Waals surface area (Å²) < 4.78 is 0. The first-order chi connectivity index (χ1) is 14.9. The van der Waals surface area contributed by atoms with E-state index in [0.717, 1.165) is 23.7 Å². The van der Waals surface area contributed by atoms with E-state index < -0.39 is 0 Å². The van der Waals surface area contributed by atoms with Crippen LogP contribution in [0.1, 0.15) is 113 Å². The molecule has 0 saturated heterocycles. The van der Waals surface area contributed by atoms with Crippen molar-refractivity contribution in [2.75, 3.05) is 6.61 Å². The summed E-state index contributed by atoms with van der Waals surface area (Å²) in [5, 5.41) is 10.7. The molecule has 182 valence electrons. The number of aliphatic hydroxyl groups excluding tert-OH is 1. The van der Waals surface area contributed by atoms with Crippen LogP contribution < -0.4 is 0 Å². The van der Waals surface area contributed by atoms with Gasteiger partial charge in [-0.1, -0.05) is 53.7 Å². The van der Waals surface area contributed by atoms with Gasteiger partial charge in [0.05, 0.1) is 0 Å². The summed E-state index contributed by atoms with van der Waals surface area (Å²) in [4.78, 5) is 0. The smallest absolute Gasteiger partial charge is 0.0490 e. The second kappa shape index (κ2) is 7.11. The van der Waals surface area contributed by atoms with Crippen molar-refractivity contribution in [1.82, 2.24) is 0 Å². The van der Waals surface area contributed by atoms with E-state index in [4.69, 9.17) is 0 Å². The molecule has 32 heavy (non-hydrogen) atoms. The zero-order valence-corrected chi connectivity index (χ0v) is 22.4. The van der Waals surface area contributed by atoms with E-state index in [-0.39, 0.29) is 5.41 Å². The summed E-state index contributed by atoms with van der Waals surface area (Å²) in [5.41, 5.74) is 3.41. The largest absolute Gasteiger partial charge is 0.396 e. The minimum Gasteiger partial charge on any atom is -0.396 e. The Morgan fingerprint density at radius 2 is 1.53 bits per heavy atom. The van der Waals surface area contributed by atoms with Crippen molar-refractivity contribution in [3.05, 3.63) is 12.2 Å². The van der Waals surface area contributed by atoms with Crippen molar-refractivity contribution in [1.29, 1.82) is 0 Å². The van der Waals surface area contributed by atoms with Gasteiger partial charge < -0.3 is 5.11 Å². The van der Waals surface area contributed by atoms with Gasteiger partial charge in [0.2, 0.25) is 0 Å². The molecule has 0 aromatic carbocycles. The van der Waals surface area contributed by atoms with Crippen molar-refractivity contribution in [3.8, 4) is 0 Å². The number of aliphatic hydroxyl groups is 1. The topological polar surface area (TPSA) is 20.2 Å². The van der Waals surface area contributed by atoms with Gasteiger partial charge in [0.1, 0.15) is 0 Å². The molecular weight excluding hydrogens is 388 g/mol. The summed E-state index contributed by atoms with van der Waals surface area (Å²) in [7, 11) is 0. The van der Waals surface area contributed by atoms with Gasteiger partial charge in [-0.25, -0.2) is 0 Å². The first-order valence-corrected chi connectivity index (χ1v) is 14.1. The summed E-state index contributed by atoms with van der Waals surface area (Å²) in [6.07, 6.45) is 13.6. The molecule has 1 heteroatoms. The van der Waals surface area contributed by atoms with E-state index >= 15 is 0 Å². The minimum absolute atomic E-state index is 0.181. The van der Waals surface area contributed by atoms with Gasteiger partial charge in [-0.05, 0) is 134 Å². The molecule has 1 N–H and O–H groups in total. The second-order valence-corrected chi connectivity index (χ2v) is 15.0. The van der Waals surface area contributed by atoms with Crippen LogP contribution in [0.3, 0.4) is 0 Å². The minimum atomic E-state index is 0.181. The van der Waals surface area contributed by atoms with Crippen molar-refractivity contribution in [2.45, 2.75) is 113 Å². The summed E-state index contributed by atoms with van der Waals surface area (Å²) >= 11 is 0. The van der Waals surface area contributed by atoms with Crippen molar-refractivity contribution < 1.29 is 5.11 Å². The Kier molecular flexibility index (Phi) is 5.21. The van der Waals surface area contributed by atoms with E-state index in [0.29, 0.717) is 40.1 Å². The molecule has 5 fully saturated rings. The lowest BCUT2D eigenvalue weighted by Crippen LogP contribution is -2.66. The molecular formula is C31H52O. The highest BCUT2D eigenvalue weighted by molar-refractivity contribution is 5.21. The fourth-order valence-corrected chi connectivity index (χ4v) is 11.7. The van der Waals surface area contributed by atoms with E-state index in [1.54, 1.807) is 0 Å². The molecule has 5 aliphatic rings. The zero-order valence-electron chi connectivity index (χ0n) is 22.4. The lowest BCUT2D eigenvalue weighted by molar-refractivity contribution is -0.243. The van der Waals surface area contributed by atoms with Gasteiger partial charge >= 0.3 is 0 Å². The van der Waals surface area contributed by atoms with E-state index in [1.165, 1.54) is 69.8 Å². The molecule has 5 aliphatic carbocycles. The van der Waals surface area contributed by atoms with Crippen molar-refractivity contribution >= 4 is 0 Å². The lowest BCUT2D eigenvalue weighted by Gasteiger charge is -2.73. The van der Waals surface area contributed by atoms with Crippen LogP contribution in [-0.4, -0.2) is 11.7 Å². The monoisotopic (exact) mass is 440 g/mol. The molecule has 10 atom stereocenters. The molecule has 5 saturated carbocycles. The fraction of sp³-hybridized carbons (Fsp3) is 0.935. The van der Waals surface area contributed by atoms with E-state index in [9.17, 15) is 5.11 Å². The van der Waals surface area contributed by atoms with Crippen LogP contribution in [0.25, 0.3) is 0 Å². The van der Waals surface area contributed by atoms with Crippen LogP contribution in [0.2, 0.25) is 0 Å². The van der Waals surface area contributed by atoms with Crippen LogP contribution in [0, 0.1) is 62.6 Å². The number of rotatable bonds is 2. The molecule has 0 aromatic rings. The summed E-state index contributed by atoms with van der Waals surface area (Å²) in [5.74, 6) is 4.67. The predicted octanol–water partition coefficient (Wildman–Crippen LogP) is 8.27. The van der Waals surface area contributed by atoms with Crippen molar-refractivity contribution in [3.63, 3.8) is 0 Å². The summed E-state index contributed by atoms with van der Waals surface area (Å²) in [6, 6.07) is 0. The Morgan fingerprint density at radius 3 is 2.19 bits per heavy atom. The third-order valence-electron chi connectivity index (χ3n) is 14.1. The standard InChI is InChI=1S/C31H52O/c1-20(2)22-12-16-31(19-32)18-17-29(7)23(26(22)31)9-10-25-28(6)14-11-21(3)27(4,5)24(28)13-15-30(25,29)8/h21-26,32H,1,9-19H2,2-8H3. The van der Waals surface area contributed by atoms with Crippen LogP contribution in [0.4, 0.5) is 0 Å². The Morgan fingerprint density at radius 1 is 0.812 bits per heavy atom. The average molecular weight is 441 g/mol. The van der Waals surface area contributed by atoms with E-state index in [2.05, 4.69) is 55.0 Å².